The Morgan fingerprint density at radius 1 is 1.12 bits per heavy atom. The standard InChI is InChI=1S/C19H17ClN2O4/c1-13(15-4-6-16(20)7-5-15)22-18(23)11-26-19(24)12-25-17-8-2-14(10-21)3-9-17/h2-9,13H,11-12H2,1H3,(H,22,23)/t13-/m1/s1. The van der Waals surface area contributed by atoms with Crippen LogP contribution in [0.5, 0.6) is 5.75 Å². The predicted octanol–water partition coefficient (Wildman–Crippen LogP) is 3.01. The van der Waals surface area contributed by atoms with Gasteiger partial charge >= 0.3 is 5.97 Å². The van der Waals surface area contributed by atoms with E-state index < -0.39 is 18.5 Å². The predicted molar refractivity (Wildman–Crippen MR) is 95.6 cm³/mol. The Bertz CT molecular complexity index is 798. The molecule has 0 bridgehead atoms. The molecule has 6 nitrogen and oxygen atoms in total. The van der Waals surface area contributed by atoms with E-state index in [1.807, 2.05) is 25.1 Å². The van der Waals surface area contributed by atoms with Gasteiger partial charge in [-0.15, -0.1) is 0 Å². The molecule has 2 aromatic rings. The summed E-state index contributed by atoms with van der Waals surface area (Å²) in [5.41, 5.74) is 1.38. The number of nitrogens with zero attached hydrogens (tertiary/aromatic N) is 1. The summed E-state index contributed by atoms with van der Waals surface area (Å²) in [5.74, 6) is -0.649. The molecule has 1 N–H and O–H groups in total. The maximum Gasteiger partial charge on any atom is 0.344 e. The number of hydrogen-bond acceptors (Lipinski definition) is 5. The Hall–Kier alpha value is -3.04. The highest BCUT2D eigenvalue weighted by Gasteiger charge is 2.12. The van der Waals surface area contributed by atoms with Crippen molar-refractivity contribution in [1.29, 1.82) is 5.26 Å². The Morgan fingerprint density at radius 3 is 2.38 bits per heavy atom. The lowest BCUT2D eigenvalue weighted by Gasteiger charge is -2.14. The van der Waals surface area contributed by atoms with Crippen molar-refractivity contribution in [3.63, 3.8) is 0 Å². The van der Waals surface area contributed by atoms with Gasteiger partial charge in [-0.05, 0) is 48.9 Å². The second-order valence-electron chi connectivity index (χ2n) is 5.43. The van der Waals surface area contributed by atoms with Gasteiger partial charge in [0.25, 0.3) is 5.91 Å². The van der Waals surface area contributed by atoms with E-state index in [4.69, 9.17) is 26.3 Å². The summed E-state index contributed by atoms with van der Waals surface area (Å²) in [5, 5.41) is 12.0. The van der Waals surface area contributed by atoms with Crippen LogP contribution >= 0.6 is 11.6 Å². The van der Waals surface area contributed by atoms with Gasteiger partial charge in [0.2, 0.25) is 0 Å². The van der Waals surface area contributed by atoms with Crippen LogP contribution in [-0.4, -0.2) is 25.1 Å². The average molecular weight is 373 g/mol. The summed E-state index contributed by atoms with van der Waals surface area (Å²) in [6.45, 7) is 1.09. The van der Waals surface area contributed by atoms with Crippen LogP contribution in [0.1, 0.15) is 24.1 Å². The number of esters is 1. The topological polar surface area (TPSA) is 88.4 Å². The summed E-state index contributed by atoms with van der Waals surface area (Å²) in [4.78, 5) is 23.5. The fourth-order valence-electron chi connectivity index (χ4n) is 2.07. The fraction of sp³-hybridized carbons (Fsp3) is 0.211. The summed E-state index contributed by atoms with van der Waals surface area (Å²) in [7, 11) is 0. The van der Waals surface area contributed by atoms with Gasteiger partial charge in [0.15, 0.2) is 13.2 Å². The molecule has 0 fully saturated rings. The summed E-state index contributed by atoms with van der Waals surface area (Å²) in [6.07, 6.45) is 0. The zero-order chi connectivity index (χ0) is 18.9. The smallest absolute Gasteiger partial charge is 0.344 e. The third-order valence-corrected chi connectivity index (χ3v) is 3.70. The zero-order valence-corrected chi connectivity index (χ0v) is 14.8. The van der Waals surface area contributed by atoms with Gasteiger partial charge < -0.3 is 14.8 Å². The van der Waals surface area contributed by atoms with Crippen molar-refractivity contribution in [2.75, 3.05) is 13.2 Å². The molecule has 2 aromatic carbocycles. The Labute approximate surface area is 156 Å². The lowest BCUT2D eigenvalue weighted by molar-refractivity contribution is -0.150. The number of rotatable bonds is 7. The minimum absolute atomic E-state index is 0.242. The number of ether oxygens (including phenoxy) is 2. The first-order chi connectivity index (χ1) is 12.5. The molecule has 0 aliphatic carbocycles. The van der Waals surface area contributed by atoms with Crippen molar-refractivity contribution in [2.24, 2.45) is 0 Å². The van der Waals surface area contributed by atoms with Crippen LogP contribution in [0.2, 0.25) is 5.02 Å². The van der Waals surface area contributed by atoms with Crippen LogP contribution in [0.3, 0.4) is 0 Å². The number of benzene rings is 2. The normalized spacial score (nSPS) is 11.1. The average Bonchev–Trinajstić information content (AvgIpc) is 2.65. The van der Waals surface area contributed by atoms with Gasteiger partial charge in [0, 0.05) is 5.02 Å². The molecule has 2 rings (SSSR count). The second-order valence-corrected chi connectivity index (χ2v) is 5.86. The van der Waals surface area contributed by atoms with Gasteiger partial charge in [-0.2, -0.15) is 5.26 Å². The molecule has 26 heavy (non-hydrogen) atoms. The van der Waals surface area contributed by atoms with Crippen molar-refractivity contribution in [1.82, 2.24) is 5.32 Å². The molecule has 0 unspecified atom stereocenters. The molecule has 134 valence electrons. The van der Waals surface area contributed by atoms with E-state index in [9.17, 15) is 9.59 Å². The molecule has 7 heteroatoms. The van der Waals surface area contributed by atoms with Gasteiger partial charge in [-0.25, -0.2) is 4.79 Å². The number of nitrogens with one attached hydrogen (secondary N) is 1. The first-order valence-electron chi connectivity index (χ1n) is 7.81. The number of nitriles is 1. The summed E-state index contributed by atoms with van der Waals surface area (Å²) < 4.78 is 10.1. The van der Waals surface area contributed by atoms with E-state index in [0.29, 0.717) is 16.3 Å². The SMILES string of the molecule is C[C@@H](NC(=O)COC(=O)COc1ccc(C#N)cc1)c1ccc(Cl)cc1. The minimum Gasteiger partial charge on any atom is -0.482 e. The van der Waals surface area contributed by atoms with Gasteiger partial charge in [0.1, 0.15) is 5.75 Å². The highest BCUT2D eigenvalue weighted by molar-refractivity contribution is 6.30. The van der Waals surface area contributed by atoms with Crippen molar-refractivity contribution >= 4 is 23.5 Å². The number of halogens is 1. The molecule has 0 aromatic heterocycles. The van der Waals surface area contributed by atoms with Crippen LogP contribution in [0, 0.1) is 11.3 Å². The third kappa shape index (κ3) is 6.11. The second kappa shape index (κ2) is 9.44. The van der Waals surface area contributed by atoms with E-state index in [1.54, 1.807) is 36.4 Å². The molecule has 0 spiro atoms. The number of carbonyl (C=O) groups excluding carboxylic acids is 2. The van der Waals surface area contributed by atoms with E-state index in [0.717, 1.165) is 5.56 Å². The summed E-state index contributed by atoms with van der Waals surface area (Å²) >= 11 is 5.82. The Kier molecular flexibility index (Phi) is 7.01. The monoisotopic (exact) mass is 372 g/mol. The lowest BCUT2D eigenvalue weighted by atomic mass is 10.1. The molecule has 0 saturated carbocycles. The largest absolute Gasteiger partial charge is 0.482 e. The van der Waals surface area contributed by atoms with E-state index in [-0.39, 0.29) is 12.6 Å². The first kappa shape index (κ1) is 19.3. The Balaban J connectivity index is 1.71. The van der Waals surface area contributed by atoms with E-state index in [1.165, 1.54) is 0 Å². The van der Waals surface area contributed by atoms with E-state index >= 15 is 0 Å². The van der Waals surface area contributed by atoms with Gasteiger partial charge in [-0.3, -0.25) is 4.79 Å². The molecule has 0 heterocycles. The van der Waals surface area contributed by atoms with Crippen LogP contribution in [0.25, 0.3) is 0 Å². The summed E-state index contributed by atoms with van der Waals surface area (Å²) in [6, 6.07) is 15.1. The highest BCUT2D eigenvalue weighted by Crippen LogP contribution is 2.16. The molecule has 0 aliphatic rings. The van der Waals surface area contributed by atoms with Crippen molar-refractivity contribution in [2.45, 2.75) is 13.0 Å². The maximum absolute atomic E-state index is 11.9. The van der Waals surface area contributed by atoms with Crippen LogP contribution < -0.4 is 10.1 Å². The number of amides is 1. The molecule has 1 atom stereocenters. The van der Waals surface area contributed by atoms with Gasteiger partial charge in [0.05, 0.1) is 17.7 Å². The first-order valence-corrected chi connectivity index (χ1v) is 8.19. The lowest BCUT2D eigenvalue weighted by Crippen LogP contribution is -2.31. The molecule has 0 aliphatic heterocycles. The van der Waals surface area contributed by atoms with Crippen molar-refractivity contribution in [3.05, 3.63) is 64.7 Å². The minimum atomic E-state index is -0.663. The third-order valence-electron chi connectivity index (χ3n) is 3.45. The van der Waals surface area contributed by atoms with Crippen LogP contribution in [-0.2, 0) is 14.3 Å². The number of carbonyl (C=O) groups is 2. The molecule has 0 saturated heterocycles. The fourth-order valence-corrected chi connectivity index (χ4v) is 2.20. The number of hydrogen-bond donors (Lipinski definition) is 1. The molecule has 1 amide bonds. The van der Waals surface area contributed by atoms with E-state index in [2.05, 4.69) is 5.32 Å². The van der Waals surface area contributed by atoms with Crippen LogP contribution in [0.15, 0.2) is 48.5 Å². The zero-order valence-electron chi connectivity index (χ0n) is 14.1. The highest BCUT2D eigenvalue weighted by atomic mass is 35.5. The molecular formula is C19H17ClN2O4. The Morgan fingerprint density at radius 2 is 1.77 bits per heavy atom. The quantitative estimate of drug-likeness (QED) is 0.755. The molecular weight excluding hydrogens is 356 g/mol. The van der Waals surface area contributed by atoms with Gasteiger partial charge in [-0.1, -0.05) is 23.7 Å². The van der Waals surface area contributed by atoms with Crippen LogP contribution in [0.4, 0.5) is 0 Å². The van der Waals surface area contributed by atoms with Crippen molar-refractivity contribution < 1.29 is 19.1 Å². The molecule has 0 radical (unpaired) electrons. The maximum atomic E-state index is 11.9. The van der Waals surface area contributed by atoms with Crippen molar-refractivity contribution in [3.8, 4) is 11.8 Å².